The fraction of sp³-hybridized carbons (Fsp3) is 0.231. The Morgan fingerprint density at radius 2 is 2.00 bits per heavy atom. The van der Waals surface area contributed by atoms with E-state index in [-0.39, 0.29) is 11.3 Å². The summed E-state index contributed by atoms with van der Waals surface area (Å²) in [5.74, 6) is 0.405. The van der Waals surface area contributed by atoms with Crippen LogP contribution in [0.25, 0.3) is 0 Å². The van der Waals surface area contributed by atoms with Crippen molar-refractivity contribution < 1.29 is 17.9 Å². The van der Waals surface area contributed by atoms with Crippen molar-refractivity contribution in [3.63, 3.8) is 0 Å². The highest BCUT2D eigenvalue weighted by atomic mass is 19.4. The van der Waals surface area contributed by atoms with Crippen molar-refractivity contribution in [1.29, 1.82) is 5.26 Å². The number of aromatic nitrogens is 2. The molecule has 0 aliphatic heterocycles. The van der Waals surface area contributed by atoms with Gasteiger partial charge in [0.25, 0.3) is 0 Å². The van der Waals surface area contributed by atoms with Crippen LogP contribution in [0.4, 0.5) is 13.2 Å². The Hall–Kier alpha value is -2.49. The molecule has 1 aromatic carbocycles. The molecular weight excluding hydrogens is 271 g/mol. The summed E-state index contributed by atoms with van der Waals surface area (Å²) >= 11 is 0. The highest BCUT2D eigenvalue weighted by Crippen LogP contribution is 2.33. The van der Waals surface area contributed by atoms with Crippen molar-refractivity contribution in [2.24, 2.45) is 7.05 Å². The molecule has 0 radical (unpaired) electrons. The van der Waals surface area contributed by atoms with Crippen LogP contribution in [0.15, 0.2) is 24.3 Å². The number of alkyl halides is 3. The summed E-state index contributed by atoms with van der Waals surface area (Å²) in [5.41, 5.74) is -0.366. The highest BCUT2D eigenvalue weighted by molar-refractivity contribution is 5.47. The van der Waals surface area contributed by atoms with Crippen LogP contribution in [0.1, 0.15) is 16.8 Å². The third-order valence-electron chi connectivity index (χ3n) is 2.60. The molecule has 4 nitrogen and oxygen atoms in total. The van der Waals surface area contributed by atoms with E-state index < -0.39 is 11.7 Å². The molecule has 104 valence electrons. The van der Waals surface area contributed by atoms with Gasteiger partial charge in [0.15, 0.2) is 0 Å². The first-order valence-corrected chi connectivity index (χ1v) is 5.61. The Morgan fingerprint density at radius 1 is 1.30 bits per heavy atom. The maximum absolute atomic E-state index is 12.6. The minimum absolute atomic E-state index is 0.0588. The molecule has 1 aromatic heterocycles. The van der Waals surface area contributed by atoms with E-state index in [1.54, 1.807) is 26.1 Å². The van der Waals surface area contributed by atoms with Crippen molar-refractivity contribution in [3.05, 3.63) is 41.1 Å². The van der Waals surface area contributed by atoms with E-state index in [9.17, 15) is 13.2 Å². The van der Waals surface area contributed by atoms with Gasteiger partial charge in [-0.3, -0.25) is 0 Å². The van der Waals surface area contributed by atoms with E-state index in [0.717, 1.165) is 18.2 Å². The molecule has 0 N–H and O–H groups in total. The second-order valence-electron chi connectivity index (χ2n) is 4.17. The van der Waals surface area contributed by atoms with Gasteiger partial charge in [0.1, 0.15) is 11.8 Å². The topological polar surface area (TPSA) is 50.8 Å². The second kappa shape index (κ2) is 4.89. The van der Waals surface area contributed by atoms with E-state index in [2.05, 4.69) is 5.10 Å². The van der Waals surface area contributed by atoms with Crippen molar-refractivity contribution in [2.45, 2.75) is 13.1 Å². The standard InChI is InChI=1S/C13H10F3N3O/c1-8-5-12(19(2)18-8)20-11-4-3-10(13(14,15)16)6-9(11)7-17/h3-6H,1-2H3. The Balaban J connectivity index is 2.38. The first kappa shape index (κ1) is 13.9. The number of aryl methyl sites for hydroxylation is 2. The van der Waals surface area contributed by atoms with Gasteiger partial charge in [-0.25, -0.2) is 4.68 Å². The summed E-state index contributed by atoms with van der Waals surface area (Å²) < 4.78 is 44.6. The molecule has 0 aliphatic carbocycles. The van der Waals surface area contributed by atoms with Gasteiger partial charge in [-0.15, -0.1) is 0 Å². The van der Waals surface area contributed by atoms with Gasteiger partial charge < -0.3 is 4.74 Å². The number of hydrogen-bond donors (Lipinski definition) is 0. The molecule has 0 aliphatic rings. The molecule has 0 amide bonds. The predicted molar refractivity (Wildman–Crippen MR) is 64.2 cm³/mol. The highest BCUT2D eigenvalue weighted by Gasteiger charge is 2.31. The molecule has 0 atom stereocenters. The van der Waals surface area contributed by atoms with Gasteiger partial charge in [0.05, 0.1) is 16.8 Å². The predicted octanol–water partition coefficient (Wildman–Crippen LogP) is 3.41. The Bertz CT molecular complexity index is 683. The van der Waals surface area contributed by atoms with E-state index in [4.69, 9.17) is 10.00 Å². The van der Waals surface area contributed by atoms with Gasteiger partial charge in [0.2, 0.25) is 5.88 Å². The lowest BCUT2D eigenvalue weighted by Crippen LogP contribution is -2.05. The van der Waals surface area contributed by atoms with Crippen molar-refractivity contribution in [3.8, 4) is 17.7 Å². The SMILES string of the molecule is Cc1cc(Oc2ccc(C(F)(F)F)cc2C#N)n(C)n1. The minimum atomic E-state index is -4.49. The molecule has 2 aromatic rings. The lowest BCUT2D eigenvalue weighted by molar-refractivity contribution is -0.137. The van der Waals surface area contributed by atoms with Crippen molar-refractivity contribution in [1.82, 2.24) is 9.78 Å². The summed E-state index contributed by atoms with van der Waals surface area (Å²) in [6, 6.07) is 6.09. The van der Waals surface area contributed by atoms with Gasteiger partial charge >= 0.3 is 6.18 Å². The molecular formula is C13H10F3N3O. The smallest absolute Gasteiger partial charge is 0.416 e. The lowest BCUT2D eigenvalue weighted by Gasteiger charge is -2.10. The Labute approximate surface area is 113 Å². The number of rotatable bonds is 2. The number of hydrogen-bond acceptors (Lipinski definition) is 3. The number of nitriles is 1. The number of nitrogens with zero attached hydrogens (tertiary/aromatic N) is 3. The van der Waals surface area contributed by atoms with E-state index in [1.807, 2.05) is 0 Å². The summed E-state index contributed by atoms with van der Waals surface area (Å²) in [5, 5.41) is 13.0. The molecule has 7 heteroatoms. The third kappa shape index (κ3) is 2.74. The number of halogens is 3. The Kier molecular flexibility index (Phi) is 3.40. The molecule has 20 heavy (non-hydrogen) atoms. The van der Waals surface area contributed by atoms with Crippen LogP contribution >= 0.6 is 0 Å². The zero-order valence-electron chi connectivity index (χ0n) is 10.7. The summed E-state index contributed by atoms with van der Waals surface area (Å²) in [6.07, 6.45) is -4.49. The molecule has 0 saturated heterocycles. The maximum atomic E-state index is 12.6. The molecule has 0 spiro atoms. The molecule has 0 unspecified atom stereocenters. The lowest BCUT2D eigenvalue weighted by atomic mass is 10.1. The Morgan fingerprint density at radius 3 is 2.50 bits per heavy atom. The van der Waals surface area contributed by atoms with Gasteiger partial charge in [-0.1, -0.05) is 0 Å². The van der Waals surface area contributed by atoms with Crippen LogP contribution in [-0.4, -0.2) is 9.78 Å². The molecule has 0 saturated carbocycles. The quantitative estimate of drug-likeness (QED) is 0.847. The van der Waals surface area contributed by atoms with Crippen molar-refractivity contribution >= 4 is 0 Å². The van der Waals surface area contributed by atoms with Crippen molar-refractivity contribution in [2.75, 3.05) is 0 Å². The van der Waals surface area contributed by atoms with Crippen LogP contribution in [0.3, 0.4) is 0 Å². The zero-order chi connectivity index (χ0) is 14.9. The summed E-state index contributed by atoms with van der Waals surface area (Å²) in [6.45, 7) is 1.75. The van der Waals surface area contributed by atoms with Crippen LogP contribution in [0.2, 0.25) is 0 Å². The van der Waals surface area contributed by atoms with E-state index in [0.29, 0.717) is 11.6 Å². The monoisotopic (exact) mass is 281 g/mol. The molecule has 1 heterocycles. The van der Waals surface area contributed by atoms with Crippen LogP contribution in [-0.2, 0) is 13.2 Å². The molecule has 0 fully saturated rings. The van der Waals surface area contributed by atoms with Crippen LogP contribution in [0.5, 0.6) is 11.6 Å². The van der Waals surface area contributed by atoms with Gasteiger partial charge in [-0.2, -0.15) is 23.5 Å². The van der Waals surface area contributed by atoms with E-state index in [1.165, 1.54) is 4.68 Å². The first-order chi connectivity index (χ1) is 9.31. The van der Waals surface area contributed by atoms with Gasteiger partial charge in [-0.05, 0) is 25.1 Å². The largest absolute Gasteiger partial charge is 0.438 e. The molecule has 2 rings (SSSR count). The molecule has 0 bridgehead atoms. The maximum Gasteiger partial charge on any atom is 0.416 e. The number of ether oxygens (including phenoxy) is 1. The van der Waals surface area contributed by atoms with Crippen LogP contribution < -0.4 is 4.74 Å². The third-order valence-corrected chi connectivity index (χ3v) is 2.60. The normalized spacial score (nSPS) is 11.2. The average molecular weight is 281 g/mol. The number of benzene rings is 1. The second-order valence-corrected chi connectivity index (χ2v) is 4.17. The van der Waals surface area contributed by atoms with Crippen LogP contribution in [0, 0.1) is 18.3 Å². The summed E-state index contributed by atoms with van der Waals surface area (Å²) in [7, 11) is 1.64. The fourth-order valence-electron chi connectivity index (χ4n) is 1.68. The van der Waals surface area contributed by atoms with Gasteiger partial charge in [0, 0.05) is 13.1 Å². The summed E-state index contributed by atoms with van der Waals surface area (Å²) in [4.78, 5) is 0. The fourth-order valence-corrected chi connectivity index (χ4v) is 1.68. The first-order valence-electron chi connectivity index (χ1n) is 5.61. The average Bonchev–Trinajstić information content (AvgIpc) is 2.67. The van der Waals surface area contributed by atoms with E-state index >= 15 is 0 Å². The zero-order valence-corrected chi connectivity index (χ0v) is 10.7. The minimum Gasteiger partial charge on any atom is -0.438 e.